The van der Waals surface area contributed by atoms with E-state index < -0.39 is 6.10 Å². The number of para-hydroxylation sites is 1. The summed E-state index contributed by atoms with van der Waals surface area (Å²) in [4.78, 5) is 12.2. The molecule has 2 aromatic rings. The fraction of sp³-hybridized carbons (Fsp3) is 0.235. The van der Waals surface area contributed by atoms with E-state index in [4.69, 9.17) is 16.3 Å². The van der Waals surface area contributed by atoms with Gasteiger partial charge in [-0.1, -0.05) is 29.8 Å². The topological polar surface area (TPSA) is 38.3 Å². The molecule has 0 aromatic heterocycles. The summed E-state index contributed by atoms with van der Waals surface area (Å²) in [6, 6.07) is 13.0. The highest BCUT2D eigenvalue weighted by Crippen LogP contribution is 2.21. The number of carbonyl (C=O) groups is 1. The first-order chi connectivity index (χ1) is 9.97. The number of hydrogen-bond acceptors (Lipinski definition) is 2. The lowest BCUT2D eigenvalue weighted by Crippen LogP contribution is -2.30. The molecule has 0 heterocycles. The van der Waals surface area contributed by atoms with Crippen LogP contribution in [0.4, 0.5) is 5.69 Å². The molecule has 0 radical (unpaired) electrons. The molecule has 0 fully saturated rings. The minimum absolute atomic E-state index is 0.191. The molecule has 3 nitrogen and oxygen atoms in total. The fourth-order valence-electron chi connectivity index (χ4n) is 1.93. The van der Waals surface area contributed by atoms with Crippen molar-refractivity contribution >= 4 is 23.2 Å². The summed E-state index contributed by atoms with van der Waals surface area (Å²) in [5.74, 6) is 0.525. The molecule has 0 spiro atoms. The van der Waals surface area contributed by atoms with Gasteiger partial charge in [0.2, 0.25) is 0 Å². The van der Waals surface area contributed by atoms with Gasteiger partial charge in [-0.05, 0) is 56.2 Å². The fourth-order valence-corrected chi connectivity index (χ4v) is 2.16. The second-order valence-electron chi connectivity index (χ2n) is 4.97. The Hall–Kier alpha value is -2.00. The van der Waals surface area contributed by atoms with Crippen molar-refractivity contribution in [3.8, 4) is 5.75 Å². The van der Waals surface area contributed by atoms with Gasteiger partial charge in [0.05, 0.1) is 0 Å². The Morgan fingerprint density at radius 1 is 1.14 bits per heavy atom. The van der Waals surface area contributed by atoms with Crippen LogP contribution in [-0.2, 0) is 4.79 Å². The quantitative estimate of drug-likeness (QED) is 0.911. The molecule has 0 aliphatic carbocycles. The van der Waals surface area contributed by atoms with Crippen molar-refractivity contribution in [1.29, 1.82) is 0 Å². The Morgan fingerprint density at radius 3 is 2.52 bits per heavy atom. The smallest absolute Gasteiger partial charge is 0.265 e. The number of aryl methyl sites for hydroxylation is 2. The first kappa shape index (κ1) is 15.4. The standard InChI is InChI=1S/C17H18ClNO2/c1-11-6-4-5-7-16(11)21-13(3)17(20)19-15-9-8-14(18)10-12(15)2/h4-10,13H,1-3H3,(H,19,20)/t13-/m0/s1. The van der Waals surface area contributed by atoms with Crippen LogP contribution in [0.3, 0.4) is 0 Å². The third-order valence-electron chi connectivity index (χ3n) is 3.21. The summed E-state index contributed by atoms with van der Waals surface area (Å²) >= 11 is 5.90. The lowest BCUT2D eigenvalue weighted by Gasteiger charge is -2.17. The highest BCUT2D eigenvalue weighted by molar-refractivity contribution is 6.30. The molecule has 1 atom stereocenters. The predicted molar refractivity (Wildman–Crippen MR) is 86.1 cm³/mol. The second kappa shape index (κ2) is 6.64. The van der Waals surface area contributed by atoms with Gasteiger partial charge in [0.25, 0.3) is 5.91 Å². The zero-order chi connectivity index (χ0) is 15.4. The highest BCUT2D eigenvalue weighted by Gasteiger charge is 2.16. The lowest BCUT2D eigenvalue weighted by atomic mass is 10.2. The summed E-state index contributed by atoms with van der Waals surface area (Å²) < 4.78 is 5.70. The van der Waals surface area contributed by atoms with E-state index in [2.05, 4.69) is 5.32 Å². The van der Waals surface area contributed by atoms with Crippen molar-refractivity contribution in [2.75, 3.05) is 5.32 Å². The molecule has 0 saturated heterocycles. The Morgan fingerprint density at radius 2 is 1.86 bits per heavy atom. The zero-order valence-corrected chi connectivity index (χ0v) is 13.1. The Labute approximate surface area is 129 Å². The second-order valence-corrected chi connectivity index (χ2v) is 5.41. The molecule has 1 amide bonds. The van der Waals surface area contributed by atoms with E-state index in [1.165, 1.54) is 0 Å². The van der Waals surface area contributed by atoms with Crippen LogP contribution in [0.2, 0.25) is 5.02 Å². The summed E-state index contributed by atoms with van der Waals surface area (Å²) in [6.45, 7) is 5.57. The number of carbonyl (C=O) groups excluding carboxylic acids is 1. The summed E-state index contributed by atoms with van der Waals surface area (Å²) in [6.07, 6.45) is -0.582. The molecule has 0 bridgehead atoms. The van der Waals surface area contributed by atoms with Crippen LogP contribution in [-0.4, -0.2) is 12.0 Å². The molecule has 0 saturated carbocycles. The molecule has 0 aliphatic heterocycles. The molecule has 4 heteroatoms. The van der Waals surface area contributed by atoms with Crippen molar-refractivity contribution in [1.82, 2.24) is 0 Å². The van der Waals surface area contributed by atoms with Crippen molar-refractivity contribution < 1.29 is 9.53 Å². The molecule has 0 aliphatic rings. The van der Waals surface area contributed by atoms with Gasteiger partial charge < -0.3 is 10.1 Å². The first-order valence-electron chi connectivity index (χ1n) is 6.76. The van der Waals surface area contributed by atoms with E-state index >= 15 is 0 Å². The van der Waals surface area contributed by atoms with Gasteiger partial charge in [0.15, 0.2) is 6.10 Å². The maximum Gasteiger partial charge on any atom is 0.265 e. The zero-order valence-electron chi connectivity index (χ0n) is 12.3. The van der Waals surface area contributed by atoms with Crippen molar-refractivity contribution in [2.45, 2.75) is 26.9 Å². The number of halogens is 1. The van der Waals surface area contributed by atoms with Gasteiger partial charge in [0.1, 0.15) is 5.75 Å². The average Bonchev–Trinajstić information content (AvgIpc) is 2.44. The molecular formula is C17H18ClNO2. The molecule has 21 heavy (non-hydrogen) atoms. The third-order valence-corrected chi connectivity index (χ3v) is 3.45. The first-order valence-corrected chi connectivity index (χ1v) is 7.14. The summed E-state index contributed by atoms with van der Waals surface area (Å²) in [5.41, 5.74) is 2.66. The number of amides is 1. The lowest BCUT2D eigenvalue weighted by molar-refractivity contribution is -0.122. The highest BCUT2D eigenvalue weighted by atomic mass is 35.5. The largest absolute Gasteiger partial charge is 0.481 e. The van der Waals surface area contributed by atoms with E-state index in [0.29, 0.717) is 10.8 Å². The van der Waals surface area contributed by atoms with Crippen LogP contribution < -0.4 is 10.1 Å². The van der Waals surface area contributed by atoms with Crippen LogP contribution in [0, 0.1) is 13.8 Å². The molecule has 2 aromatic carbocycles. The van der Waals surface area contributed by atoms with E-state index in [1.54, 1.807) is 19.1 Å². The normalized spacial score (nSPS) is 11.8. The van der Waals surface area contributed by atoms with Crippen LogP contribution in [0.5, 0.6) is 5.75 Å². The summed E-state index contributed by atoms with van der Waals surface area (Å²) in [7, 11) is 0. The van der Waals surface area contributed by atoms with Gasteiger partial charge in [-0.15, -0.1) is 0 Å². The van der Waals surface area contributed by atoms with Crippen molar-refractivity contribution in [2.24, 2.45) is 0 Å². The number of rotatable bonds is 4. The Kier molecular flexibility index (Phi) is 4.86. The van der Waals surface area contributed by atoms with Gasteiger partial charge in [-0.25, -0.2) is 0 Å². The van der Waals surface area contributed by atoms with Crippen LogP contribution in [0.15, 0.2) is 42.5 Å². The number of hydrogen-bond donors (Lipinski definition) is 1. The minimum atomic E-state index is -0.582. The van der Waals surface area contributed by atoms with Gasteiger partial charge in [-0.2, -0.15) is 0 Å². The molecule has 0 unspecified atom stereocenters. The number of nitrogens with one attached hydrogen (secondary N) is 1. The van der Waals surface area contributed by atoms with Crippen LogP contribution in [0.25, 0.3) is 0 Å². The van der Waals surface area contributed by atoms with E-state index in [1.807, 2.05) is 44.2 Å². The number of ether oxygens (including phenoxy) is 1. The van der Waals surface area contributed by atoms with Crippen LogP contribution in [0.1, 0.15) is 18.1 Å². The summed E-state index contributed by atoms with van der Waals surface area (Å²) in [5, 5.41) is 3.50. The van der Waals surface area contributed by atoms with E-state index in [0.717, 1.165) is 16.8 Å². The van der Waals surface area contributed by atoms with E-state index in [-0.39, 0.29) is 5.91 Å². The Balaban J connectivity index is 2.04. The number of anilines is 1. The van der Waals surface area contributed by atoms with Crippen molar-refractivity contribution in [3.63, 3.8) is 0 Å². The average molecular weight is 304 g/mol. The third kappa shape index (κ3) is 3.99. The molecule has 2 rings (SSSR count). The predicted octanol–water partition coefficient (Wildman–Crippen LogP) is 4.36. The molecule has 1 N–H and O–H groups in total. The Bertz CT molecular complexity index is 655. The maximum absolute atomic E-state index is 12.2. The maximum atomic E-state index is 12.2. The SMILES string of the molecule is Cc1cc(Cl)ccc1NC(=O)[C@H](C)Oc1ccccc1C. The van der Waals surface area contributed by atoms with Gasteiger partial charge in [0, 0.05) is 10.7 Å². The molecular weight excluding hydrogens is 286 g/mol. The van der Waals surface area contributed by atoms with Crippen LogP contribution >= 0.6 is 11.6 Å². The van der Waals surface area contributed by atoms with Gasteiger partial charge >= 0.3 is 0 Å². The van der Waals surface area contributed by atoms with Crippen molar-refractivity contribution in [3.05, 3.63) is 58.6 Å². The molecule has 110 valence electrons. The van der Waals surface area contributed by atoms with E-state index in [9.17, 15) is 4.79 Å². The minimum Gasteiger partial charge on any atom is -0.481 e. The number of benzene rings is 2. The monoisotopic (exact) mass is 303 g/mol. The van der Waals surface area contributed by atoms with Gasteiger partial charge in [-0.3, -0.25) is 4.79 Å².